The lowest BCUT2D eigenvalue weighted by Crippen LogP contribution is -2.16. The molecule has 5 nitrogen and oxygen atoms in total. The molecule has 0 bridgehead atoms. The number of nitrogens with zero attached hydrogens (tertiary/aromatic N) is 1. The second-order valence-corrected chi connectivity index (χ2v) is 7.73. The summed E-state index contributed by atoms with van der Waals surface area (Å²) in [5.74, 6) is 0.437. The second kappa shape index (κ2) is 10.4. The van der Waals surface area contributed by atoms with Crippen LogP contribution in [0.1, 0.15) is 12.8 Å². The van der Waals surface area contributed by atoms with E-state index in [2.05, 4.69) is 5.32 Å². The number of carbonyl (C=O) groups excluding carboxylic acids is 2. The van der Waals surface area contributed by atoms with Gasteiger partial charge in [0, 0.05) is 36.1 Å². The number of anilines is 1. The van der Waals surface area contributed by atoms with Gasteiger partial charge in [-0.15, -0.1) is 0 Å². The van der Waals surface area contributed by atoms with Gasteiger partial charge >= 0.3 is 0 Å². The van der Waals surface area contributed by atoms with Crippen LogP contribution in [0.5, 0.6) is 5.75 Å². The molecule has 0 radical (unpaired) electrons. The largest absolute Gasteiger partial charge is 0.492 e. The predicted octanol–water partition coefficient (Wildman–Crippen LogP) is 5.56. The quantitative estimate of drug-likeness (QED) is 0.464. The van der Waals surface area contributed by atoms with Crippen molar-refractivity contribution in [3.05, 3.63) is 52.5 Å². The summed E-state index contributed by atoms with van der Waals surface area (Å²) >= 11 is 13.0. The van der Waals surface area contributed by atoms with Crippen molar-refractivity contribution in [2.45, 2.75) is 17.7 Å². The first-order valence-corrected chi connectivity index (χ1v) is 9.79. The van der Waals surface area contributed by atoms with E-state index in [4.69, 9.17) is 27.9 Å². The van der Waals surface area contributed by atoms with Gasteiger partial charge < -0.3 is 15.0 Å². The van der Waals surface area contributed by atoms with Crippen LogP contribution in [0.2, 0.25) is 10.0 Å². The van der Waals surface area contributed by atoms with Crippen LogP contribution >= 0.6 is 35.0 Å². The summed E-state index contributed by atoms with van der Waals surface area (Å²) in [4.78, 5) is 26.0. The van der Waals surface area contributed by atoms with Gasteiger partial charge in [-0.25, -0.2) is 0 Å². The number of nitrogens with one attached hydrogen (secondary N) is 1. The molecule has 8 heteroatoms. The highest BCUT2D eigenvalue weighted by Crippen LogP contribution is 2.27. The molecule has 0 saturated heterocycles. The molecule has 0 spiro atoms. The summed E-state index contributed by atoms with van der Waals surface area (Å²) in [5, 5.41) is 3.76. The SMILES string of the molecule is CN(C)C(=O)Sc1ccc(NC(=O)CCCOc2ccc(Cl)cc2Cl)cc1. The van der Waals surface area contributed by atoms with Crippen LogP contribution in [0.25, 0.3) is 0 Å². The number of hydrogen-bond donors (Lipinski definition) is 1. The molecule has 0 atom stereocenters. The highest BCUT2D eigenvalue weighted by Gasteiger charge is 2.08. The van der Waals surface area contributed by atoms with E-state index >= 15 is 0 Å². The zero-order chi connectivity index (χ0) is 19.8. The van der Waals surface area contributed by atoms with Gasteiger partial charge in [0.25, 0.3) is 5.24 Å². The fourth-order valence-electron chi connectivity index (χ4n) is 2.03. The van der Waals surface area contributed by atoms with Crippen molar-refractivity contribution in [3.63, 3.8) is 0 Å². The van der Waals surface area contributed by atoms with Crippen LogP contribution in [0.15, 0.2) is 47.4 Å². The molecular formula is C19H20Cl2N2O3S. The van der Waals surface area contributed by atoms with Crippen LogP contribution in [0, 0.1) is 0 Å². The van der Waals surface area contributed by atoms with E-state index in [1.54, 1.807) is 56.6 Å². The zero-order valence-electron chi connectivity index (χ0n) is 15.0. The molecule has 2 aromatic carbocycles. The first-order chi connectivity index (χ1) is 12.8. The van der Waals surface area contributed by atoms with Crippen LogP contribution in [-0.2, 0) is 4.79 Å². The van der Waals surface area contributed by atoms with E-state index in [-0.39, 0.29) is 11.1 Å². The van der Waals surface area contributed by atoms with E-state index in [1.165, 1.54) is 4.90 Å². The molecule has 0 unspecified atom stereocenters. The Hall–Kier alpha value is -1.89. The van der Waals surface area contributed by atoms with Crippen molar-refractivity contribution in [1.82, 2.24) is 4.90 Å². The molecule has 27 heavy (non-hydrogen) atoms. The maximum atomic E-state index is 12.0. The van der Waals surface area contributed by atoms with E-state index in [9.17, 15) is 9.59 Å². The molecule has 2 amide bonds. The maximum Gasteiger partial charge on any atom is 0.285 e. The Morgan fingerprint density at radius 2 is 1.81 bits per heavy atom. The number of amides is 2. The minimum Gasteiger partial charge on any atom is -0.492 e. The molecule has 0 saturated carbocycles. The van der Waals surface area contributed by atoms with Gasteiger partial charge in [0.05, 0.1) is 11.6 Å². The van der Waals surface area contributed by atoms with Crippen molar-refractivity contribution in [2.75, 3.05) is 26.0 Å². The summed E-state index contributed by atoms with van der Waals surface area (Å²) in [6.45, 7) is 0.372. The highest BCUT2D eigenvalue weighted by atomic mass is 35.5. The van der Waals surface area contributed by atoms with Crippen LogP contribution in [-0.4, -0.2) is 36.7 Å². The van der Waals surface area contributed by atoms with E-state index in [0.29, 0.717) is 40.9 Å². The summed E-state index contributed by atoms with van der Waals surface area (Å²) in [6, 6.07) is 12.1. The standard InChI is InChI=1S/C19H20Cl2N2O3S/c1-23(2)19(25)27-15-8-6-14(7-9-15)22-18(24)4-3-11-26-17-10-5-13(20)12-16(17)21/h5-10,12H,3-4,11H2,1-2H3,(H,22,24). The molecule has 1 N–H and O–H groups in total. The molecule has 0 heterocycles. The Bertz CT molecular complexity index is 798. The first kappa shape index (κ1) is 21.4. The molecule has 0 aliphatic rings. The van der Waals surface area contributed by atoms with Gasteiger partial charge in [0.1, 0.15) is 5.75 Å². The summed E-state index contributed by atoms with van der Waals surface area (Å²) < 4.78 is 5.56. The number of hydrogen-bond acceptors (Lipinski definition) is 4. The van der Waals surface area contributed by atoms with E-state index in [0.717, 1.165) is 16.7 Å². The molecule has 2 aromatic rings. The van der Waals surface area contributed by atoms with E-state index in [1.807, 2.05) is 0 Å². The topological polar surface area (TPSA) is 58.6 Å². The van der Waals surface area contributed by atoms with Crippen molar-refractivity contribution in [2.24, 2.45) is 0 Å². The number of carbonyl (C=O) groups is 2. The number of ether oxygens (including phenoxy) is 1. The third-order valence-corrected chi connectivity index (χ3v) is 4.99. The van der Waals surface area contributed by atoms with Gasteiger partial charge in [-0.2, -0.15) is 0 Å². The number of benzene rings is 2. The lowest BCUT2D eigenvalue weighted by atomic mass is 10.2. The first-order valence-electron chi connectivity index (χ1n) is 8.22. The van der Waals surface area contributed by atoms with Gasteiger partial charge in [0.2, 0.25) is 5.91 Å². The van der Waals surface area contributed by atoms with Crippen molar-refractivity contribution < 1.29 is 14.3 Å². The summed E-state index contributed by atoms with van der Waals surface area (Å²) in [5.41, 5.74) is 0.684. The van der Waals surface area contributed by atoms with Gasteiger partial charge in [-0.3, -0.25) is 9.59 Å². The predicted molar refractivity (Wildman–Crippen MR) is 111 cm³/mol. The molecular weight excluding hydrogens is 407 g/mol. The number of halogens is 2. The fraction of sp³-hybridized carbons (Fsp3) is 0.263. The van der Waals surface area contributed by atoms with Crippen LogP contribution < -0.4 is 10.1 Å². The zero-order valence-corrected chi connectivity index (χ0v) is 17.3. The maximum absolute atomic E-state index is 12.0. The lowest BCUT2D eigenvalue weighted by molar-refractivity contribution is -0.116. The number of thioether (sulfide) groups is 1. The minimum absolute atomic E-state index is 0.0485. The molecule has 0 aliphatic carbocycles. The fourth-order valence-corrected chi connectivity index (χ4v) is 3.15. The molecule has 144 valence electrons. The van der Waals surface area contributed by atoms with Crippen LogP contribution in [0.3, 0.4) is 0 Å². The van der Waals surface area contributed by atoms with Crippen molar-refractivity contribution >= 4 is 51.8 Å². The second-order valence-electron chi connectivity index (χ2n) is 5.86. The Morgan fingerprint density at radius 1 is 1.11 bits per heavy atom. The third kappa shape index (κ3) is 7.33. The van der Waals surface area contributed by atoms with Crippen molar-refractivity contribution in [3.8, 4) is 5.75 Å². The molecule has 0 fully saturated rings. The average Bonchev–Trinajstić information content (AvgIpc) is 2.61. The normalized spacial score (nSPS) is 10.4. The molecule has 2 rings (SSSR count). The average molecular weight is 427 g/mol. The van der Waals surface area contributed by atoms with Crippen molar-refractivity contribution in [1.29, 1.82) is 0 Å². The van der Waals surface area contributed by atoms with Crippen LogP contribution in [0.4, 0.5) is 10.5 Å². The number of rotatable bonds is 7. The third-order valence-electron chi connectivity index (χ3n) is 3.41. The molecule has 0 aliphatic heterocycles. The van der Waals surface area contributed by atoms with Gasteiger partial charge in [-0.05, 0) is 60.6 Å². The summed E-state index contributed by atoms with van der Waals surface area (Å²) in [7, 11) is 3.41. The monoisotopic (exact) mass is 426 g/mol. The Morgan fingerprint density at radius 3 is 2.44 bits per heavy atom. The van der Waals surface area contributed by atoms with Gasteiger partial charge in [-0.1, -0.05) is 23.2 Å². The Kier molecular flexibility index (Phi) is 8.28. The van der Waals surface area contributed by atoms with Gasteiger partial charge in [0.15, 0.2) is 0 Å². The Balaban J connectivity index is 1.73. The summed E-state index contributed by atoms with van der Waals surface area (Å²) in [6.07, 6.45) is 0.872. The van der Waals surface area contributed by atoms with E-state index < -0.39 is 0 Å². The molecule has 0 aromatic heterocycles. The Labute approximate surface area is 173 Å². The minimum atomic E-state index is -0.106. The highest BCUT2D eigenvalue weighted by molar-refractivity contribution is 8.13. The smallest absolute Gasteiger partial charge is 0.285 e. The lowest BCUT2D eigenvalue weighted by Gasteiger charge is -2.10.